The maximum Gasteiger partial charge on any atom is 0.293 e. The molecule has 0 fully saturated rings. The Kier molecular flexibility index (Phi) is 6.16. The summed E-state index contributed by atoms with van der Waals surface area (Å²) in [7, 11) is 0. The first kappa shape index (κ1) is 22.5. The van der Waals surface area contributed by atoms with Crippen molar-refractivity contribution in [1.82, 2.24) is 30.2 Å². The molecule has 2 N–H and O–H groups in total. The third-order valence-electron chi connectivity index (χ3n) is 5.05. The van der Waals surface area contributed by atoms with E-state index >= 15 is 0 Å². The number of nitrogens with zero attached hydrogens (tertiary/aromatic N) is 5. The van der Waals surface area contributed by atoms with Crippen LogP contribution < -0.4 is 5.32 Å². The highest BCUT2D eigenvalue weighted by Crippen LogP contribution is 2.30. The highest BCUT2D eigenvalue weighted by molar-refractivity contribution is 6.30. The lowest BCUT2D eigenvalue weighted by molar-refractivity contribution is -0.0187. The average molecular weight is 475 g/mol. The minimum Gasteiger partial charge on any atom is -0.381 e. The van der Waals surface area contributed by atoms with Gasteiger partial charge in [0.05, 0.1) is 12.6 Å². The van der Waals surface area contributed by atoms with E-state index in [0.29, 0.717) is 16.7 Å². The second-order valence-electron chi connectivity index (χ2n) is 7.27. The second kappa shape index (κ2) is 9.04. The summed E-state index contributed by atoms with van der Waals surface area (Å²) in [5.74, 6) is -2.77. The highest BCUT2D eigenvalue weighted by atomic mass is 35.5. The van der Waals surface area contributed by atoms with Crippen LogP contribution >= 0.6 is 11.6 Å². The lowest BCUT2D eigenvalue weighted by atomic mass is 9.86. The monoisotopic (exact) mass is 474 g/mol. The van der Waals surface area contributed by atoms with Crippen molar-refractivity contribution in [3.8, 4) is 11.5 Å². The fraction of sp³-hybridized carbons (Fsp3) is 0.190. The lowest BCUT2D eigenvalue weighted by Gasteiger charge is -2.35. The van der Waals surface area contributed by atoms with Gasteiger partial charge in [0, 0.05) is 22.2 Å². The number of halogens is 3. The van der Waals surface area contributed by atoms with Crippen LogP contribution in [0.1, 0.15) is 23.1 Å². The van der Waals surface area contributed by atoms with Gasteiger partial charge in [0.15, 0.2) is 0 Å². The van der Waals surface area contributed by atoms with E-state index in [2.05, 4.69) is 25.5 Å². The van der Waals surface area contributed by atoms with Crippen LogP contribution in [0, 0.1) is 11.6 Å². The van der Waals surface area contributed by atoms with Crippen LogP contribution in [0.3, 0.4) is 0 Å². The number of nitrogens with one attached hydrogen (secondary N) is 1. The number of carbonyl (C=O) groups is 1. The van der Waals surface area contributed by atoms with Gasteiger partial charge in [-0.3, -0.25) is 4.79 Å². The minimum absolute atomic E-state index is 0.0897. The van der Waals surface area contributed by atoms with Gasteiger partial charge in [0.1, 0.15) is 29.9 Å². The number of hydrogen-bond acceptors (Lipinski definition) is 7. The fourth-order valence-corrected chi connectivity index (χ4v) is 3.39. The third-order valence-corrected chi connectivity index (χ3v) is 5.30. The van der Waals surface area contributed by atoms with Gasteiger partial charge in [0.25, 0.3) is 17.6 Å². The number of aromatic nitrogens is 5. The smallest absolute Gasteiger partial charge is 0.293 e. The quantitative estimate of drug-likeness (QED) is 0.422. The van der Waals surface area contributed by atoms with Crippen molar-refractivity contribution in [2.24, 2.45) is 0 Å². The summed E-state index contributed by atoms with van der Waals surface area (Å²) >= 11 is 5.86. The van der Waals surface area contributed by atoms with Crippen LogP contribution in [0.5, 0.6) is 0 Å². The molecule has 0 saturated carbocycles. The molecule has 2 aromatic carbocycles. The zero-order chi connectivity index (χ0) is 23.6. The first-order valence-corrected chi connectivity index (χ1v) is 10.0. The number of amides is 1. The van der Waals surface area contributed by atoms with Crippen molar-refractivity contribution in [3.63, 3.8) is 0 Å². The summed E-state index contributed by atoms with van der Waals surface area (Å²) in [6, 6.07) is 8.23. The van der Waals surface area contributed by atoms with Crippen molar-refractivity contribution in [1.29, 1.82) is 0 Å². The molecule has 2 aromatic heterocycles. The molecule has 0 radical (unpaired) electrons. The van der Waals surface area contributed by atoms with Crippen molar-refractivity contribution >= 4 is 17.5 Å². The van der Waals surface area contributed by atoms with E-state index in [1.165, 1.54) is 24.3 Å². The summed E-state index contributed by atoms with van der Waals surface area (Å²) in [6.07, 6.45) is 2.56. The van der Waals surface area contributed by atoms with Gasteiger partial charge in [-0.05, 0) is 37.3 Å². The molecule has 0 aliphatic heterocycles. The zero-order valence-corrected chi connectivity index (χ0v) is 17.9. The predicted molar refractivity (Wildman–Crippen MR) is 112 cm³/mol. The number of aliphatic hydroxyl groups is 1. The molecular formula is C21H17ClF2N6O3. The molecule has 9 nitrogen and oxygen atoms in total. The van der Waals surface area contributed by atoms with Crippen LogP contribution in [0.25, 0.3) is 11.5 Å². The molecule has 33 heavy (non-hydrogen) atoms. The van der Waals surface area contributed by atoms with Crippen molar-refractivity contribution < 1.29 is 23.2 Å². The van der Waals surface area contributed by atoms with Crippen LogP contribution in [-0.4, -0.2) is 42.0 Å². The SMILES string of the molecule is C[C@@H](NC(=O)c1noc(-c2ccc(Cl)cc2)n1)[C@](O)(Cn1cncn1)c1ccc(F)cc1F. The highest BCUT2D eigenvalue weighted by Gasteiger charge is 2.40. The molecule has 170 valence electrons. The summed E-state index contributed by atoms with van der Waals surface area (Å²) in [5, 5.41) is 22.1. The van der Waals surface area contributed by atoms with Crippen molar-refractivity contribution in [2.45, 2.75) is 25.1 Å². The first-order chi connectivity index (χ1) is 15.8. The Hall–Kier alpha value is -3.70. The molecule has 2 heterocycles. The van der Waals surface area contributed by atoms with Gasteiger partial charge >= 0.3 is 0 Å². The summed E-state index contributed by atoms with van der Waals surface area (Å²) in [5.41, 5.74) is -1.71. The maximum atomic E-state index is 14.6. The molecule has 12 heteroatoms. The zero-order valence-electron chi connectivity index (χ0n) is 17.1. The number of benzene rings is 2. The fourth-order valence-electron chi connectivity index (χ4n) is 3.26. The Labute approximate surface area is 191 Å². The summed E-state index contributed by atoms with van der Waals surface area (Å²) in [4.78, 5) is 20.6. The Balaban J connectivity index is 1.59. The molecule has 0 spiro atoms. The third kappa shape index (κ3) is 4.73. The van der Waals surface area contributed by atoms with Gasteiger partial charge in [-0.15, -0.1) is 0 Å². The molecule has 4 rings (SSSR count). The van der Waals surface area contributed by atoms with Crippen molar-refractivity contribution in [2.75, 3.05) is 0 Å². The Morgan fingerprint density at radius 1 is 1.27 bits per heavy atom. The Morgan fingerprint density at radius 2 is 2.03 bits per heavy atom. The van der Waals surface area contributed by atoms with Crippen LogP contribution in [0.4, 0.5) is 8.78 Å². The number of carbonyl (C=O) groups excluding carboxylic acids is 1. The molecule has 4 aromatic rings. The molecule has 0 aliphatic rings. The largest absolute Gasteiger partial charge is 0.381 e. The normalized spacial score (nSPS) is 14.0. The standard InChI is InChI=1S/C21H17ClF2N6O3/c1-12(27-19(31)18-28-20(33-29-18)13-2-4-14(22)5-3-13)21(32,9-30-11-25-10-26-30)16-7-6-15(23)8-17(16)24/h2-8,10-12,32H,9H2,1H3,(H,27,31)/t12-,21-/m1/s1. The Bertz CT molecular complexity index is 1270. The first-order valence-electron chi connectivity index (χ1n) is 9.67. The van der Waals surface area contributed by atoms with E-state index in [9.17, 15) is 18.7 Å². The molecule has 0 bridgehead atoms. The molecule has 0 saturated heterocycles. The van der Waals surface area contributed by atoms with E-state index in [-0.39, 0.29) is 23.8 Å². The molecule has 0 aliphatic carbocycles. The van der Waals surface area contributed by atoms with Gasteiger partial charge < -0.3 is 14.9 Å². The predicted octanol–water partition coefficient (Wildman–Crippen LogP) is 2.97. The maximum absolute atomic E-state index is 14.6. The summed E-state index contributed by atoms with van der Waals surface area (Å²) < 4.78 is 34.5. The van der Waals surface area contributed by atoms with Gasteiger partial charge in [-0.1, -0.05) is 22.8 Å². The van der Waals surface area contributed by atoms with E-state index < -0.39 is 29.2 Å². The van der Waals surface area contributed by atoms with Crippen LogP contribution in [0.15, 0.2) is 59.6 Å². The van der Waals surface area contributed by atoms with E-state index in [1.54, 1.807) is 24.3 Å². The lowest BCUT2D eigenvalue weighted by Crippen LogP contribution is -2.52. The van der Waals surface area contributed by atoms with Crippen molar-refractivity contribution in [3.05, 3.63) is 83.2 Å². The van der Waals surface area contributed by atoms with E-state index in [0.717, 1.165) is 12.1 Å². The van der Waals surface area contributed by atoms with Crippen LogP contribution in [-0.2, 0) is 12.1 Å². The summed E-state index contributed by atoms with van der Waals surface area (Å²) in [6.45, 7) is 1.18. The second-order valence-corrected chi connectivity index (χ2v) is 7.70. The van der Waals surface area contributed by atoms with E-state index in [4.69, 9.17) is 16.1 Å². The van der Waals surface area contributed by atoms with E-state index in [1.807, 2.05) is 0 Å². The number of hydrogen-bond donors (Lipinski definition) is 2. The average Bonchev–Trinajstić information content (AvgIpc) is 3.46. The molecule has 0 unspecified atom stereocenters. The van der Waals surface area contributed by atoms with Crippen LogP contribution in [0.2, 0.25) is 5.02 Å². The molecular weight excluding hydrogens is 458 g/mol. The van der Waals surface area contributed by atoms with Gasteiger partial charge in [-0.2, -0.15) is 10.1 Å². The minimum atomic E-state index is -2.02. The topological polar surface area (TPSA) is 119 Å². The number of rotatable bonds is 7. The Morgan fingerprint density at radius 3 is 2.70 bits per heavy atom. The van der Waals surface area contributed by atoms with Gasteiger partial charge in [0.2, 0.25) is 0 Å². The molecule has 1 amide bonds. The molecule has 2 atom stereocenters. The van der Waals surface area contributed by atoms with Gasteiger partial charge in [-0.25, -0.2) is 18.4 Å².